The zero-order valence-electron chi connectivity index (χ0n) is 12.4. The molecular weight excluding hydrogens is 382 g/mol. The lowest BCUT2D eigenvalue weighted by atomic mass is 10.2. The first-order chi connectivity index (χ1) is 12.0. The van der Waals surface area contributed by atoms with Gasteiger partial charge < -0.3 is 0 Å². The molecule has 126 valence electrons. The zero-order chi connectivity index (χ0) is 18.0. The number of hydrogen-bond donors (Lipinski definition) is 1. The third-order valence-corrected chi connectivity index (χ3v) is 5.32. The van der Waals surface area contributed by atoms with Crippen LogP contribution in [0.2, 0.25) is 0 Å². The lowest BCUT2D eigenvalue weighted by Crippen LogP contribution is -2.44. The van der Waals surface area contributed by atoms with Gasteiger partial charge in [0.1, 0.15) is 0 Å². The molecule has 0 unspecified atom stereocenters. The number of non-ortho nitro benzene ring substituents is 1. The van der Waals surface area contributed by atoms with E-state index >= 15 is 0 Å². The molecule has 1 fully saturated rings. The highest BCUT2D eigenvalue weighted by Gasteiger charge is 2.33. The SMILES string of the molecule is O=C(NN1C(=O)/C(=C/c2ccc([N+](=O)[O-])cc2)SC1=S)c1cccs1. The predicted molar refractivity (Wildman–Crippen MR) is 99.9 cm³/mol. The average molecular weight is 391 g/mol. The topological polar surface area (TPSA) is 92.6 Å². The van der Waals surface area contributed by atoms with Gasteiger partial charge in [-0.2, -0.15) is 5.01 Å². The van der Waals surface area contributed by atoms with E-state index in [4.69, 9.17) is 12.2 Å². The Labute approximate surface area is 155 Å². The molecule has 25 heavy (non-hydrogen) atoms. The number of hydrogen-bond acceptors (Lipinski definition) is 7. The highest BCUT2D eigenvalue weighted by molar-refractivity contribution is 8.26. The maximum atomic E-state index is 12.4. The van der Waals surface area contributed by atoms with Crippen LogP contribution >= 0.6 is 35.3 Å². The van der Waals surface area contributed by atoms with Crippen LogP contribution in [0.15, 0.2) is 46.7 Å². The number of thiophene rings is 1. The van der Waals surface area contributed by atoms with Crippen molar-refractivity contribution in [3.8, 4) is 0 Å². The summed E-state index contributed by atoms with van der Waals surface area (Å²) in [4.78, 5) is 35.5. The minimum atomic E-state index is -0.497. The molecule has 2 aromatic rings. The number of benzene rings is 1. The van der Waals surface area contributed by atoms with Gasteiger partial charge in [0.15, 0.2) is 4.32 Å². The fraction of sp³-hybridized carbons (Fsp3) is 0. The smallest absolute Gasteiger partial charge is 0.266 e. The number of rotatable bonds is 4. The number of thioether (sulfide) groups is 1. The van der Waals surface area contributed by atoms with Crippen LogP contribution in [0.1, 0.15) is 15.2 Å². The Morgan fingerprint density at radius 3 is 2.60 bits per heavy atom. The molecule has 0 aliphatic carbocycles. The van der Waals surface area contributed by atoms with Crippen LogP contribution in [0, 0.1) is 10.1 Å². The highest BCUT2D eigenvalue weighted by atomic mass is 32.2. The van der Waals surface area contributed by atoms with Gasteiger partial charge >= 0.3 is 0 Å². The summed E-state index contributed by atoms with van der Waals surface area (Å²) >= 11 is 7.44. The first-order valence-electron chi connectivity index (χ1n) is 6.82. The van der Waals surface area contributed by atoms with Gasteiger partial charge in [-0.3, -0.25) is 25.1 Å². The highest BCUT2D eigenvalue weighted by Crippen LogP contribution is 2.31. The molecule has 1 aliphatic heterocycles. The summed E-state index contributed by atoms with van der Waals surface area (Å²) in [5.74, 6) is -0.860. The maximum absolute atomic E-state index is 12.4. The number of carbonyl (C=O) groups is 2. The second-order valence-electron chi connectivity index (χ2n) is 4.78. The Morgan fingerprint density at radius 2 is 2.00 bits per heavy atom. The maximum Gasteiger partial charge on any atom is 0.285 e. The molecule has 7 nitrogen and oxygen atoms in total. The van der Waals surface area contributed by atoms with Crippen LogP contribution in [0.4, 0.5) is 5.69 Å². The number of nitrogens with zero attached hydrogens (tertiary/aromatic N) is 2. The van der Waals surface area contributed by atoms with E-state index in [1.54, 1.807) is 23.6 Å². The fourth-order valence-electron chi connectivity index (χ4n) is 1.97. The van der Waals surface area contributed by atoms with Crippen molar-refractivity contribution in [2.24, 2.45) is 0 Å². The predicted octanol–water partition coefficient (Wildman–Crippen LogP) is 3.20. The Hall–Kier alpha value is -2.56. The zero-order valence-corrected chi connectivity index (χ0v) is 14.8. The summed E-state index contributed by atoms with van der Waals surface area (Å²) in [5, 5.41) is 13.4. The van der Waals surface area contributed by atoms with Crippen LogP contribution < -0.4 is 5.43 Å². The summed E-state index contributed by atoms with van der Waals surface area (Å²) < 4.78 is 0.211. The van der Waals surface area contributed by atoms with Crippen molar-refractivity contribution in [3.05, 3.63) is 67.2 Å². The first kappa shape index (κ1) is 17.3. The van der Waals surface area contributed by atoms with E-state index in [0.29, 0.717) is 15.3 Å². The van der Waals surface area contributed by atoms with Crippen LogP contribution in [0.3, 0.4) is 0 Å². The summed E-state index contributed by atoms with van der Waals surface area (Å²) in [6.07, 6.45) is 1.57. The van der Waals surface area contributed by atoms with Gasteiger partial charge in [0.05, 0.1) is 14.7 Å². The van der Waals surface area contributed by atoms with E-state index in [9.17, 15) is 19.7 Å². The number of nitro groups is 1. The van der Waals surface area contributed by atoms with Crippen molar-refractivity contribution in [2.75, 3.05) is 0 Å². The van der Waals surface area contributed by atoms with E-state index < -0.39 is 16.7 Å². The Morgan fingerprint density at radius 1 is 1.28 bits per heavy atom. The third kappa shape index (κ3) is 3.76. The van der Waals surface area contributed by atoms with Crippen molar-refractivity contribution in [3.63, 3.8) is 0 Å². The molecule has 1 N–H and O–H groups in total. The molecule has 0 radical (unpaired) electrons. The Kier molecular flexibility index (Phi) is 4.93. The van der Waals surface area contributed by atoms with Crippen molar-refractivity contribution in [1.82, 2.24) is 10.4 Å². The molecule has 10 heteroatoms. The number of thiocarbonyl (C=S) groups is 1. The molecule has 0 bridgehead atoms. The molecular formula is C15H9N3O4S3. The van der Waals surface area contributed by atoms with Crippen LogP contribution in [0.5, 0.6) is 0 Å². The molecule has 1 aliphatic rings. The molecule has 2 amide bonds. The molecule has 1 aromatic carbocycles. The molecule has 0 saturated carbocycles. The first-order valence-corrected chi connectivity index (χ1v) is 8.93. The monoisotopic (exact) mass is 391 g/mol. The number of hydrazine groups is 1. The Bertz CT molecular complexity index is 891. The number of nitrogens with one attached hydrogen (secondary N) is 1. The fourth-order valence-corrected chi connectivity index (χ4v) is 3.77. The van der Waals surface area contributed by atoms with Crippen molar-refractivity contribution >= 4 is 63.2 Å². The van der Waals surface area contributed by atoms with E-state index in [-0.39, 0.29) is 10.0 Å². The van der Waals surface area contributed by atoms with Crippen LogP contribution in [-0.2, 0) is 4.79 Å². The minimum absolute atomic E-state index is 0.0343. The number of amides is 2. The largest absolute Gasteiger partial charge is 0.285 e. The van der Waals surface area contributed by atoms with Gasteiger partial charge in [-0.25, -0.2) is 0 Å². The van der Waals surface area contributed by atoms with Gasteiger partial charge in [-0.15, -0.1) is 11.3 Å². The minimum Gasteiger partial charge on any atom is -0.266 e. The van der Waals surface area contributed by atoms with E-state index in [1.807, 2.05) is 0 Å². The summed E-state index contributed by atoms with van der Waals surface area (Å²) in [6, 6.07) is 9.16. The van der Waals surface area contributed by atoms with Crippen molar-refractivity contribution < 1.29 is 14.5 Å². The van der Waals surface area contributed by atoms with E-state index in [2.05, 4.69) is 5.43 Å². The molecule has 0 spiro atoms. The summed E-state index contributed by atoms with van der Waals surface area (Å²) in [5.41, 5.74) is 3.07. The van der Waals surface area contributed by atoms with Gasteiger partial charge in [-0.05, 0) is 47.4 Å². The van der Waals surface area contributed by atoms with Crippen LogP contribution in [0.25, 0.3) is 6.08 Å². The lowest BCUT2D eigenvalue weighted by Gasteiger charge is -2.14. The molecule has 0 atom stereocenters. The van der Waals surface area contributed by atoms with E-state index in [1.165, 1.54) is 35.6 Å². The van der Waals surface area contributed by atoms with Crippen LogP contribution in [-0.4, -0.2) is 26.1 Å². The second-order valence-corrected chi connectivity index (χ2v) is 7.41. The van der Waals surface area contributed by atoms with Gasteiger partial charge in [-0.1, -0.05) is 17.8 Å². The standard InChI is InChI=1S/C15H9N3O4S3/c19-13(11-2-1-7-24-11)16-17-14(20)12(25-15(17)23)8-9-3-5-10(6-4-9)18(21)22/h1-8H,(H,16,19)/b12-8-. The van der Waals surface area contributed by atoms with Gasteiger partial charge in [0.2, 0.25) is 0 Å². The number of carbonyl (C=O) groups excluding carboxylic acids is 2. The second kappa shape index (κ2) is 7.13. The summed E-state index contributed by atoms with van der Waals surface area (Å²) in [6.45, 7) is 0. The molecule has 1 saturated heterocycles. The van der Waals surface area contributed by atoms with Gasteiger partial charge in [0.25, 0.3) is 17.5 Å². The Balaban J connectivity index is 1.76. The normalized spacial score (nSPS) is 15.7. The lowest BCUT2D eigenvalue weighted by molar-refractivity contribution is -0.384. The molecule has 1 aromatic heterocycles. The van der Waals surface area contributed by atoms with E-state index in [0.717, 1.165) is 16.8 Å². The van der Waals surface area contributed by atoms with Crippen molar-refractivity contribution in [1.29, 1.82) is 0 Å². The average Bonchev–Trinajstić information content (AvgIpc) is 3.20. The quantitative estimate of drug-likeness (QED) is 0.372. The summed E-state index contributed by atoms with van der Waals surface area (Å²) in [7, 11) is 0. The van der Waals surface area contributed by atoms with Crippen molar-refractivity contribution in [2.45, 2.75) is 0 Å². The number of nitro benzene ring substituents is 1. The third-order valence-electron chi connectivity index (χ3n) is 3.15. The molecule has 2 heterocycles. The van der Waals surface area contributed by atoms with Gasteiger partial charge in [0, 0.05) is 12.1 Å². The molecule has 3 rings (SSSR count).